The first-order valence-corrected chi connectivity index (χ1v) is 42.5. The number of carbonyl (C=O) groups is 3. The largest absolute Gasteiger partial charge is 0.507 e. The van der Waals surface area contributed by atoms with Crippen molar-refractivity contribution in [3.8, 4) is 62.3 Å². The van der Waals surface area contributed by atoms with Gasteiger partial charge < -0.3 is 39.6 Å². The Labute approximate surface area is 741 Å². The summed E-state index contributed by atoms with van der Waals surface area (Å²) in [6.07, 6.45) is 9.01. The number of aryl methyl sites for hydroxylation is 4. The van der Waals surface area contributed by atoms with E-state index in [2.05, 4.69) is 68.4 Å². The highest BCUT2D eigenvalue weighted by Gasteiger charge is 2.40. The fraction of sp³-hybridized carbons (Fsp3) is 0.330. The SMILES string of the molecule is C=CC(=O)N1CC(C)N(c2nc(=O)n(-c3c(C)ccnc3C(C)C)c3nc(-c4cc(F)c(F)cc4O)c(Cl)cc23)CC1C.C=CC(=O)N1CC(C)N(c2nc(=O)n(-c3c(C)ccnc3C(C)C)c3nc(-c4ccccc4C)c(Cl)cc23)CC1C.C=CC(=O)N1CCN(c2nc(=O)n(-c3c(C)ccnc3C(C)C)c3nc(-c4c(O)cccc4F)c(Cl)cc23)[C@H](C)[C@@H]1C. The molecule has 3 aromatic carbocycles. The number of aromatic hydroxyl groups is 2. The molecule has 0 bridgehead atoms. The molecule has 0 aliphatic carbocycles. The van der Waals surface area contributed by atoms with Crippen LogP contribution >= 0.6 is 34.8 Å². The first-order chi connectivity index (χ1) is 59.8. The van der Waals surface area contributed by atoms with E-state index < -0.39 is 40.3 Å². The standard InChI is InChI=1S/C32H35ClN6O2.C31H31ClF2N6O3.C31H32ClFN6O3/c1-8-26(40)37-16-22(7)38(17-21(37)6)30-24-15-25(33)28(23-12-10-9-11-19(23)4)35-31(24)39(32(41)36-30)29-20(5)13-14-34-27(29)18(2)3;1-7-25(42)38-13-18(6)39(14-17(38)5)29-20-10-21(32)27(19-11-22(33)23(34)12-24(19)41)36-30(20)40(31(43)37-29)28-16(4)8-9-35-26(28)15(2)3;1-7-24(41)37-13-14-38(19(6)18(37)5)29-20-15-21(32)27(25-22(33)9-8-10-23(25)40)35-30(20)39(31(42)36-29)28-17(4)11-12-34-26(28)16(2)3/h8-15,18,21-22H,1,16-17H2,2-7H3;7-12,15,17-18,41H,1,13-14H2,2-6H3;7-12,15-16,18-19,40H,1,13-14H2,2-6H3/t;;18-,19+/m..0/s1. The number of hydrogen-bond donors (Lipinski definition) is 2. The van der Waals surface area contributed by atoms with Crippen molar-refractivity contribution in [3.63, 3.8) is 0 Å². The van der Waals surface area contributed by atoms with Gasteiger partial charge in [0.05, 0.1) is 88.0 Å². The first-order valence-electron chi connectivity index (χ1n) is 41.4. The number of fused-ring (bicyclic) bond motifs is 3. The summed E-state index contributed by atoms with van der Waals surface area (Å²) in [4.78, 5) is 133. The van der Waals surface area contributed by atoms with Gasteiger partial charge in [-0.3, -0.25) is 29.3 Å². The van der Waals surface area contributed by atoms with Gasteiger partial charge in [-0.1, -0.05) is 126 Å². The highest BCUT2D eigenvalue weighted by atomic mass is 35.5. The molecule has 12 heterocycles. The van der Waals surface area contributed by atoms with Crippen LogP contribution in [0.25, 0.3) is 83.9 Å². The smallest absolute Gasteiger partial charge is 0.355 e. The first kappa shape index (κ1) is 91.0. The van der Waals surface area contributed by atoms with Crippen molar-refractivity contribution >= 4 is 103 Å². The number of carbonyl (C=O) groups excluding carboxylic acids is 3. The van der Waals surface area contributed by atoms with E-state index in [-0.39, 0.29) is 121 Å². The van der Waals surface area contributed by atoms with Gasteiger partial charge in [0.15, 0.2) is 28.6 Å². The number of pyridine rings is 6. The third kappa shape index (κ3) is 17.1. The van der Waals surface area contributed by atoms with Crippen LogP contribution in [-0.4, -0.2) is 177 Å². The second-order valence-electron chi connectivity index (χ2n) is 33.0. The lowest BCUT2D eigenvalue weighted by atomic mass is 10.0. The Bertz CT molecular complexity index is 6580. The minimum Gasteiger partial charge on any atom is -0.507 e. The number of piperazine rings is 3. The molecule has 12 aromatic rings. The molecule has 0 radical (unpaired) electrons. The molecule has 9 aromatic heterocycles. The Morgan fingerprint density at radius 2 is 0.802 bits per heavy atom. The molecule has 3 saturated heterocycles. The van der Waals surface area contributed by atoms with Gasteiger partial charge in [-0.15, -0.1) is 0 Å². The van der Waals surface area contributed by atoms with Gasteiger partial charge in [0, 0.05) is 111 Å². The second-order valence-corrected chi connectivity index (χ2v) is 34.2. The van der Waals surface area contributed by atoms with Crippen molar-refractivity contribution in [2.75, 3.05) is 54.0 Å². The molecule has 32 heteroatoms. The number of amides is 3. The monoisotopic (exact) mass is 1770 g/mol. The summed E-state index contributed by atoms with van der Waals surface area (Å²) in [5.41, 5.74) is 7.44. The van der Waals surface area contributed by atoms with Crippen molar-refractivity contribution in [1.29, 1.82) is 0 Å². The van der Waals surface area contributed by atoms with E-state index in [1.807, 2.05) is 143 Å². The van der Waals surface area contributed by atoms with Crippen LogP contribution in [0.4, 0.5) is 30.6 Å². The van der Waals surface area contributed by atoms with Gasteiger partial charge in [-0.25, -0.2) is 56.2 Å². The number of nitrogens with zero attached hydrogens (tertiary/aromatic N) is 18. The molecule has 3 aliphatic rings. The molecule has 3 fully saturated rings. The third-order valence-corrected chi connectivity index (χ3v) is 24.4. The van der Waals surface area contributed by atoms with Crippen LogP contribution < -0.4 is 31.8 Å². The fourth-order valence-electron chi connectivity index (χ4n) is 16.9. The lowest BCUT2D eigenvalue weighted by Crippen LogP contribution is -2.59. The second kappa shape index (κ2) is 36.8. The number of aromatic nitrogens is 12. The maximum absolute atomic E-state index is 15.1. The van der Waals surface area contributed by atoms with E-state index >= 15 is 4.39 Å². The van der Waals surface area contributed by atoms with Gasteiger partial charge in [0.1, 0.15) is 34.8 Å². The van der Waals surface area contributed by atoms with E-state index in [1.165, 1.54) is 45.6 Å². The zero-order valence-corrected chi connectivity index (χ0v) is 75.1. The van der Waals surface area contributed by atoms with Crippen LogP contribution in [0, 0.1) is 45.1 Å². The molecule has 4 unspecified atom stereocenters. The highest BCUT2D eigenvalue weighted by Crippen LogP contribution is 2.44. The number of phenolic OH excluding ortho intramolecular Hbond substituents is 2. The van der Waals surface area contributed by atoms with Crippen molar-refractivity contribution in [3.05, 3.63) is 251 Å². The molecular formula is C94H98Cl3F3N18O8. The minimum atomic E-state index is -1.23. The normalized spacial score (nSPS) is 17.2. The summed E-state index contributed by atoms with van der Waals surface area (Å²) in [5.74, 6) is -3.41. The van der Waals surface area contributed by atoms with Crippen LogP contribution in [0.15, 0.2) is 162 Å². The summed E-state index contributed by atoms with van der Waals surface area (Å²) >= 11 is 20.4. The molecule has 2 N–H and O–H groups in total. The quantitative estimate of drug-likeness (QED) is 0.0901. The van der Waals surface area contributed by atoms with Crippen LogP contribution in [0.1, 0.15) is 140 Å². The Hall–Kier alpha value is -12.7. The number of halogens is 6. The zero-order valence-electron chi connectivity index (χ0n) is 72.8. The number of anilines is 3. The van der Waals surface area contributed by atoms with Crippen molar-refractivity contribution in [1.82, 2.24) is 73.3 Å². The van der Waals surface area contributed by atoms with Crippen LogP contribution in [-0.2, 0) is 14.4 Å². The van der Waals surface area contributed by atoms with Crippen LogP contribution in [0.3, 0.4) is 0 Å². The average molecular weight is 1770 g/mol. The number of benzene rings is 3. The summed E-state index contributed by atoms with van der Waals surface area (Å²) in [7, 11) is 0. The molecule has 0 spiro atoms. The van der Waals surface area contributed by atoms with Gasteiger partial charge in [-0.2, -0.15) is 15.0 Å². The minimum absolute atomic E-state index is 0.0134. The fourth-order valence-corrected chi connectivity index (χ4v) is 17.6. The zero-order chi connectivity index (χ0) is 91.4. The molecule has 6 atom stereocenters. The molecule has 26 nitrogen and oxygen atoms in total. The molecule has 126 heavy (non-hydrogen) atoms. The molecule has 0 saturated carbocycles. The van der Waals surface area contributed by atoms with E-state index in [4.69, 9.17) is 49.8 Å². The van der Waals surface area contributed by atoms with Gasteiger partial charge in [0.2, 0.25) is 17.7 Å². The van der Waals surface area contributed by atoms with Crippen molar-refractivity contribution in [2.24, 2.45) is 0 Å². The predicted octanol–water partition coefficient (Wildman–Crippen LogP) is 16.8. The number of hydrogen-bond acceptors (Lipinski definition) is 20. The van der Waals surface area contributed by atoms with Gasteiger partial charge >= 0.3 is 17.1 Å². The molecule has 654 valence electrons. The third-order valence-electron chi connectivity index (χ3n) is 23.5. The molecule has 3 aliphatic heterocycles. The molecular weight excluding hydrogens is 1670 g/mol. The number of rotatable bonds is 15. The van der Waals surface area contributed by atoms with E-state index in [0.29, 0.717) is 124 Å². The lowest BCUT2D eigenvalue weighted by Gasteiger charge is -2.45. The average Bonchev–Trinajstić information content (AvgIpc) is 0.740. The van der Waals surface area contributed by atoms with E-state index in [1.54, 1.807) is 62.1 Å². The summed E-state index contributed by atoms with van der Waals surface area (Å²) in [6, 6.07) is 22.7. The topological polar surface area (TPSA) is 293 Å². The highest BCUT2D eigenvalue weighted by molar-refractivity contribution is 6.35. The Morgan fingerprint density at radius 1 is 0.421 bits per heavy atom. The van der Waals surface area contributed by atoms with Gasteiger partial charge in [-0.05, 0) is 182 Å². The van der Waals surface area contributed by atoms with Crippen LogP contribution in [0.5, 0.6) is 11.5 Å². The Kier molecular flexibility index (Phi) is 26.6. The maximum atomic E-state index is 15.1. The lowest BCUT2D eigenvalue weighted by molar-refractivity contribution is -0.129. The van der Waals surface area contributed by atoms with Gasteiger partial charge in [0.25, 0.3) is 0 Å². The predicted molar refractivity (Wildman–Crippen MR) is 489 cm³/mol. The van der Waals surface area contributed by atoms with Crippen LogP contribution in [0.2, 0.25) is 15.1 Å². The van der Waals surface area contributed by atoms with E-state index in [0.717, 1.165) is 39.6 Å². The Morgan fingerprint density at radius 3 is 1.21 bits per heavy atom. The Balaban J connectivity index is 0.000000162. The maximum Gasteiger partial charge on any atom is 0.355 e. The summed E-state index contributed by atoms with van der Waals surface area (Å²) < 4.78 is 47.6. The van der Waals surface area contributed by atoms with Crippen molar-refractivity contribution < 1.29 is 37.8 Å². The molecule has 15 rings (SSSR count). The number of phenols is 2. The van der Waals surface area contributed by atoms with Crippen molar-refractivity contribution in [2.45, 2.75) is 165 Å². The summed E-state index contributed by atoms with van der Waals surface area (Å²) in [6.45, 7) is 44.7. The summed E-state index contributed by atoms with van der Waals surface area (Å²) in [5, 5.41) is 23.2. The molecule has 3 amide bonds. The van der Waals surface area contributed by atoms with E-state index in [9.17, 15) is 47.8 Å².